The minimum atomic E-state index is -0.0184. The summed E-state index contributed by atoms with van der Waals surface area (Å²) in [6.07, 6.45) is 0.351. The van der Waals surface area contributed by atoms with Crippen molar-refractivity contribution in [2.45, 2.75) is 6.42 Å². The predicted molar refractivity (Wildman–Crippen MR) is 96.9 cm³/mol. The Kier molecular flexibility index (Phi) is 5.33. The number of carbonyl (C=O) groups excluding carboxylic acids is 1. The molecule has 1 aliphatic rings. The summed E-state index contributed by atoms with van der Waals surface area (Å²) in [4.78, 5) is 14.5. The van der Waals surface area contributed by atoms with Crippen LogP contribution in [0.15, 0.2) is 48.5 Å². The van der Waals surface area contributed by atoms with Gasteiger partial charge in [0.25, 0.3) is 0 Å². The Morgan fingerprint density at radius 3 is 2.38 bits per heavy atom. The fourth-order valence-electron chi connectivity index (χ4n) is 2.81. The van der Waals surface area contributed by atoms with Crippen molar-refractivity contribution in [1.82, 2.24) is 5.32 Å². The monoisotopic (exact) mass is 325 g/mol. The van der Waals surface area contributed by atoms with Crippen LogP contribution in [0.4, 0.5) is 11.4 Å². The van der Waals surface area contributed by atoms with Crippen molar-refractivity contribution in [1.29, 1.82) is 0 Å². The predicted octanol–water partition coefficient (Wildman–Crippen LogP) is 2.29. The van der Waals surface area contributed by atoms with Crippen LogP contribution in [-0.2, 0) is 11.2 Å². The third-order valence-electron chi connectivity index (χ3n) is 4.16. The third-order valence-corrected chi connectivity index (χ3v) is 4.16. The van der Waals surface area contributed by atoms with Crippen LogP contribution in [0.5, 0.6) is 5.75 Å². The van der Waals surface area contributed by atoms with Crippen molar-refractivity contribution in [2.24, 2.45) is 0 Å². The van der Waals surface area contributed by atoms with Crippen LogP contribution in [-0.4, -0.2) is 39.2 Å². The van der Waals surface area contributed by atoms with E-state index >= 15 is 0 Å². The van der Waals surface area contributed by atoms with Crippen molar-refractivity contribution < 1.29 is 9.53 Å². The van der Waals surface area contributed by atoms with E-state index in [-0.39, 0.29) is 5.91 Å². The van der Waals surface area contributed by atoms with Crippen molar-refractivity contribution in [3.05, 3.63) is 54.1 Å². The Morgan fingerprint density at radius 1 is 1.08 bits per heavy atom. The van der Waals surface area contributed by atoms with E-state index in [1.165, 1.54) is 5.69 Å². The molecule has 1 amide bonds. The van der Waals surface area contributed by atoms with E-state index in [1.807, 2.05) is 36.4 Å². The minimum absolute atomic E-state index is 0.0184. The van der Waals surface area contributed by atoms with Gasteiger partial charge in [-0.2, -0.15) is 0 Å². The maximum Gasteiger partial charge on any atom is 0.228 e. The van der Waals surface area contributed by atoms with Gasteiger partial charge in [0.15, 0.2) is 0 Å². The zero-order valence-electron chi connectivity index (χ0n) is 13.9. The second-order valence-electron chi connectivity index (χ2n) is 5.86. The molecule has 0 bridgehead atoms. The summed E-state index contributed by atoms with van der Waals surface area (Å²) in [5, 5.41) is 6.29. The van der Waals surface area contributed by atoms with Crippen LogP contribution in [0, 0.1) is 0 Å². The van der Waals surface area contributed by atoms with Crippen LogP contribution in [0.3, 0.4) is 0 Å². The van der Waals surface area contributed by atoms with Crippen LogP contribution < -0.4 is 20.3 Å². The maximum absolute atomic E-state index is 12.2. The highest BCUT2D eigenvalue weighted by molar-refractivity contribution is 5.92. The molecular formula is C19H23N3O2. The SMILES string of the molecule is COc1ccc(CC(=O)Nc2ccc(N3CCNCC3)cc2)cc1. The highest BCUT2D eigenvalue weighted by Crippen LogP contribution is 2.19. The molecule has 1 fully saturated rings. The van der Waals surface area contributed by atoms with Gasteiger partial charge in [0, 0.05) is 37.6 Å². The number of hydrogen-bond acceptors (Lipinski definition) is 4. The molecule has 3 rings (SSSR count). The molecule has 0 aromatic heterocycles. The minimum Gasteiger partial charge on any atom is -0.497 e. The molecule has 1 aliphatic heterocycles. The molecule has 0 aliphatic carbocycles. The zero-order valence-corrected chi connectivity index (χ0v) is 13.9. The Balaban J connectivity index is 1.55. The molecule has 0 saturated carbocycles. The lowest BCUT2D eigenvalue weighted by molar-refractivity contribution is -0.115. The number of methoxy groups -OCH3 is 1. The first-order valence-electron chi connectivity index (χ1n) is 8.23. The third kappa shape index (κ3) is 4.26. The summed E-state index contributed by atoms with van der Waals surface area (Å²) in [6.45, 7) is 4.06. The fourth-order valence-corrected chi connectivity index (χ4v) is 2.81. The highest BCUT2D eigenvalue weighted by atomic mass is 16.5. The number of carbonyl (C=O) groups is 1. The van der Waals surface area contributed by atoms with Gasteiger partial charge in [0.2, 0.25) is 5.91 Å². The van der Waals surface area contributed by atoms with E-state index in [9.17, 15) is 4.79 Å². The van der Waals surface area contributed by atoms with Gasteiger partial charge < -0.3 is 20.3 Å². The summed E-state index contributed by atoms with van der Waals surface area (Å²) in [5.74, 6) is 0.776. The van der Waals surface area contributed by atoms with Gasteiger partial charge in [-0.05, 0) is 42.0 Å². The molecule has 2 aromatic carbocycles. The second-order valence-corrected chi connectivity index (χ2v) is 5.86. The zero-order chi connectivity index (χ0) is 16.8. The number of hydrogen-bond donors (Lipinski definition) is 2. The number of nitrogens with zero attached hydrogens (tertiary/aromatic N) is 1. The van der Waals surface area contributed by atoms with E-state index in [0.29, 0.717) is 6.42 Å². The lowest BCUT2D eigenvalue weighted by atomic mass is 10.1. The van der Waals surface area contributed by atoms with Crippen LogP contribution in [0.2, 0.25) is 0 Å². The summed E-state index contributed by atoms with van der Waals surface area (Å²) < 4.78 is 5.12. The van der Waals surface area contributed by atoms with Crippen LogP contribution >= 0.6 is 0 Å². The maximum atomic E-state index is 12.2. The van der Waals surface area contributed by atoms with Gasteiger partial charge in [-0.25, -0.2) is 0 Å². The quantitative estimate of drug-likeness (QED) is 0.886. The number of ether oxygens (including phenoxy) is 1. The van der Waals surface area contributed by atoms with E-state index in [1.54, 1.807) is 7.11 Å². The molecule has 126 valence electrons. The van der Waals surface area contributed by atoms with Gasteiger partial charge in [-0.15, -0.1) is 0 Å². The molecule has 0 atom stereocenters. The van der Waals surface area contributed by atoms with Gasteiger partial charge in [-0.1, -0.05) is 12.1 Å². The molecule has 1 heterocycles. The highest BCUT2D eigenvalue weighted by Gasteiger charge is 2.10. The average molecular weight is 325 g/mol. The molecule has 2 N–H and O–H groups in total. The van der Waals surface area contributed by atoms with Crippen molar-refractivity contribution in [3.63, 3.8) is 0 Å². The smallest absolute Gasteiger partial charge is 0.228 e. The summed E-state index contributed by atoms with van der Waals surface area (Å²) in [5.41, 5.74) is 2.99. The fraction of sp³-hybridized carbons (Fsp3) is 0.316. The summed E-state index contributed by atoms with van der Waals surface area (Å²) in [7, 11) is 1.63. The molecule has 0 spiro atoms. The number of benzene rings is 2. The van der Waals surface area contributed by atoms with E-state index in [0.717, 1.165) is 43.2 Å². The lowest BCUT2D eigenvalue weighted by Crippen LogP contribution is -2.43. The largest absolute Gasteiger partial charge is 0.497 e. The normalized spacial score (nSPS) is 14.3. The molecule has 24 heavy (non-hydrogen) atoms. The van der Waals surface area contributed by atoms with Crippen molar-refractivity contribution >= 4 is 17.3 Å². The standard InChI is InChI=1S/C19H23N3O2/c1-24-18-8-2-15(3-9-18)14-19(23)21-16-4-6-17(7-5-16)22-12-10-20-11-13-22/h2-9,20H,10-14H2,1H3,(H,21,23). The second kappa shape index (κ2) is 7.84. The van der Waals surface area contributed by atoms with E-state index in [2.05, 4.69) is 27.7 Å². The Bertz CT molecular complexity index is 662. The number of anilines is 2. The van der Waals surface area contributed by atoms with E-state index in [4.69, 9.17) is 4.74 Å². The number of amides is 1. The first-order chi connectivity index (χ1) is 11.7. The Morgan fingerprint density at radius 2 is 1.75 bits per heavy atom. The molecule has 2 aromatic rings. The first-order valence-corrected chi connectivity index (χ1v) is 8.23. The lowest BCUT2D eigenvalue weighted by Gasteiger charge is -2.29. The number of rotatable bonds is 5. The number of piperazine rings is 1. The van der Waals surface area contributed by atoms with Crippen molar-refractivity contribution in [2.75, 3.05) is 43.5 Å². The molecule has 5 nitrogen and oxygen atoms in total. The Labute approximate surface area is 142 Å². The van der Waals surface area contributed by atoms with Crippen LogP contribution in [0.25, 0.3) is 0 Å². The Hall–Kier alpha value is -2.53. The van der Waals surface area contributed by atoms with Gasteiger partial charge in [-0.3, -0.25) is 4.79 Å². The molecule has 0 unspecified atom stereocenters. The topological polar surface area (TPSA) is 53.6 Å². The van der Waals surface area contributed by atoms with E-state index < -0.39 is 0 Å². The summed E-state index contributed by atoms with van der Waals surface area (Å²) >= 11 is 0. The molecule has 1 saturated heterocycles. The average Bonchev–Trinajstić information content (AvgIpc) is 2.64. The van der Waals surface area contributed by atoms with Crippen molar-refractivity contribution in [3.8, 4) is 5.75 Å². The first kappa shape index (κ1) is 16.3. The number of nitrogens with one attached hydrogen (secondary N) is 2. The molecular weight excluding hydrogens is 302 g/mol. The van der Waals surface area contributed by atoms with Gasteiger partial charge in [0.1, 0.15) is 5.75 Å². The van der Waals surface area contributed by atoms with Gasteiger partial charge >= 0.3 is 0 Å². The van der Waals surface area contributed by atoms with Crippen LogP contribution in [0.1, 0.15) is 5.56 Å². The molecule has 0 radical (unpaired) electrons. The molecule has 5 heteroatoms. The van der Waals surface area contributed by atoms with Gasteiger partial charge in [0.05, 0.1) is 13.5 Å². The summed E-state index contributed by atoms with van der Waals surface area (Å²) in [6, 6.07) is 15.6.